The molecule has 0 spiro atoms. The van der Waals surface area contributed by atoms with Gasteiger partial charge in [-0.2, -0.15) is 0 Å². The summed E-state index contributed by atoms with van der Waals surface area (Å²) in [5.41, 5.74) is 3.37. The lowest BCUT2D eigenvalue weighted by Gasteiger charge is -2.35. The van der Waals surface area contributed by atoms with Crippen LogP contribution in [-0.2, 0) is 27.1 Å². The second-order valence-electron chi connectivity index (χ2n) is 11.5. The summed E-state index contributed by atoms with van der Waals surface area (Å²) in [7, 11) is 0. The van der Waals surface area contributed by atoms with Crippen molar-refractivity contribution in [2.45, 2.75) is 88.9 Å². The Morgan fingerprint density at radius 1 is 1.10 bits per heavy atom. The quantitative estimate of drug-likeness (QED) is 0.337. The molecule has 2 aliphatic carbocycles. The van der Waals surface area contributed by atoms with Crippen LogP contribution >= 0.6 is 0 Å². The summed E-state index contributed by atoms with van der Waals surface area (Å²) in [6, 6.07) is 13.0. The van der Waals surface area contributed by atoms with Gasteiger partial charge in [0.15, 0.2) is 0 Å². The SMILES string of the molecule is O=C(NC(CCO[C@H]1C[C@H](CCc2ccc3c(n2)NCCC3)C1)C(=O)O)O[C@H]1CCCC[C@@H]1C#Cc1ccccc1. The summed E-state index contributed by atoms with van der Waals surface area (Å²) in [5.74, 6) is 6.94. The van der Waals surface area contributed by atoms with E-state index in [4.69, 9.17) is 14.5 Å². The third-order valence-corrected chi connectivity index (χ3v) is 8.44. The molecule has 1 aliphatic heterocycles. The summed E-state index contributed by atoms with van der Waals surface area (Å²) in [6.45, 7) is 1.27. The Labute approximate surface area is 242 Å². The molecule has 8 nitrogen and oxygen atoms in total. The van der Waals surface area contributed by atoms with Crippen molar-refractivity contribution in [3.63, 3.8) is 0 Å². The zero-order valence-corrected chi connectivity index (χ0v) is 23.6. The highest BCUT2D eigenvalue weighted by Gasteiger charge is 2.31. The van der Waals surface area contributed by atoms with Gasteiger partial charge < -0.3 is 25.2 Å². The topological polar surface area (TPSA) is 110 Å². The van der Waals surface area contributed by atoms with Crippen LogP contribution in [0.5, 0.6) is 0 Å². The van der Waals surface area contributed by atoms with Gasteiger partial charge in [0, 0.05) is 30.8 Å². The largest absolute Gasteiger partial charge is 0.480 e. The number of carboxylic acid groups (broad SMARTS) is 1. The van der Waals surface area contributed by atoms with Crippen LogP contribution in [0, 0.1) is 23.7 Å². The van der Waals surface area contributed by atoms with Crippen LogP contribution in [0.1, 0.15) is 74.6 Å². The van der Waals surface area contributed by atoms with Crippen LogP contribution in [-0.4, -0.2) is 53.6 Å². The maximum absolute atomic E-state index is 12.6. The zero-order chi connectivity index (χ0) is 28.4. The number of aromatic nitrogens is 1. The number of carboxylic acids is 1. The number of anilines is 1. The molecule has 218 valence electrons. The first-order chi connectivity index (χ1) is 20.0. The summed E-state index contributed by atoms with van der Waals surface area (Å²) in [4.78, 5) is 29.2. The lowest BCUT2D eigenvalue weighted by molar-refractivity contribution is -0.140. The van der Waals surface area contributed by atoms with Crippen molar-refractivity contribution in [2.24, 2.45) is 11.8 Å². The molecule has 3 atom stereocenters. The van der Waals surface area contributed by atoms with Gasteiger partial charge in [0.2, 0.25) is 0 Å². The number of aryl methyl sites for hydroxylation is 2. The predicted octanol–water partition coefficient (Wildman–Crippen LogP) is 5.35. The van der Waals surface area contributed by atoms with E-state index < -0.39 is 18.1 Å². The Balaban J connectivity index is 1.00. The van der Waals surface area contributed by atoms with Crippen molar-refractivity contribution in [3.8, 4) is 11.8 Å². The number of aliphatic carboxylic acids is 1. The van der Waals surface area contributed by atoms with E-state index in [1.165, 1.54) is 5.56 Å². The molecule has 5 rings (SSSR count). The molecule has 1 aromatic heterocycles. The highest BCUT2D eigenvalue weighted by atomic mass is 16.6. The van der Waals surface area contributed by atoms with E-state index in [0.29, 0.717) is 5.92 Å². The molecule has 0 bridgehead atoms. The molecule has 0 saturated heterocycles. The van der Waals surface area contributed by atoms with Crippen molar-refractivity contribution >= 4 is 17.9 Å². The number of nitrogens with one attached hydrogen (secondary N) is 2. The van der Waals surface area contributed by atoms with Crippen LogP contribution in [0.25, 0.3) is 0 Å². The average molecular weight is 560 g/mol. The van der Waals surface area contributed by atoms with E-state index in [0.717, 1.165) is 87.8 Å². The van der Waals surface area contributed by atoms with Crippen molar-refractivity contribution in [1.29, 1.82) is 0 Å². The fourth-order valence-corrected chi connectivity index (χ4v) is 5.93. The fourth-order valence-electron chi connectivity index (χ4n) is 5.93. The van der Waals surface area contributed by atoms with E-state index in [-0.39, 0.29) is 31.2 Å². The standard InChI is InChI=1S/C33H41N3O5/c37-32(38)29(36-33(39)41-30-11-5-4-9-25(30)14-12-23-7-2-1-3-8-23)18-20-40-28-21-24(22-28)13-16-27-17-15-26-10-6-19-34-31(26)35-27/h1-3,7-8,15,17,24-25,28-30H,4-6,9-11,13,16,18-22H2,(H,34,35)(H,36,39)(H,37,38)/t24-,25-,28-,29?,30+/m1/s1. The minimum Gasteiger partial charge on any atom is -0.480 e. The lowest BCUT2D eigenvalue weighted by Crippen LogP contribution is -2.44. The van der Waals surface area contributed by atoms with Gasteiger partial charge in [0.05, 0.1) is 12.0 Å². The fraction of sp³-hybridized carbons (Fsp3) is 0.545. The molecule has 1 unspecified atom stereocenters. The second-order valence-corrected chi connectivity index (χ2v) is 11.5. The molecule has 3 aliphatic rings. The minimum absolute atomic E-state index is 0.0624. The van der Waals surface area contributed by atoms with Gasteiger partial charge in [-0.05, 0) is 87.5 Å². The van der Waals surface area contributed by atoms with Gasteiger partial charge in [-0.3, -0.25) is 0 Å². The number of rotatable bonds is 10. The number of hydrogen-bond donors (Lipinski definition) is 3. The molecule has 2 saturated carbocycles. The van der Waals surface area contributed by atoms with Crippen molar-refractivity contribution in [2.75, 3.05) is 18.5 Å². The van der Waals surface area contributed by atoms with E-state index >= 15 is 0 Å². The lowest BCUT2D eigenvalue weighted by atomic mass is 9.79. The first-order valence-corrected chi connectivity index (χ1v) is 15.1. The molecule has 3 N–H and O–H groups in total. The van der Waals surface area contributed by atoms with Gasteiger partial charge in [-0.1, -0.05) is 42.5 Å². The molecule has 2 heterocycles. The van der Waals surface area contributed by atoms with E-state index in [9.17, 15) is 14.7 Å². The predicted molar refractivity (Wildman–Crippen MR) is 157 cm³/mol. The van der Waals surface area contributed by atoms with Crippen LogP contribution in [0.3, 0.4) is 0 Å². The van der Waals surface area contributed by atoms with Gasteiger partial charge in [-0.25, -0.2) is 14.6 Å². The number of carbonyl (C=O) groups excluding carboxylic acids is 1. The molecular weight excluding hydrogens is 518 g/mol. The third-order valence-electron chi connectivity index (χ3n) is 8.44. The number of benzene rings is 1. The average Bonchev–Trinajstić information content (AvgIpc) is 2.97. The number of ether oxygens (including phenoxy) is 2. The van der Waals surface area contributed by atoms with Crippen molar-refractivity contribution in [1.82, 2.24) is 10.3 Å². The third kappa shape index (κ3) is 8.46. The van der Waals surface area contributed by atoms with E-state index in [2.05, 4.69) is 34.6 Å². The molecule has 0 radical (unpaired) electrons. The molecule has 41 heavy (non-hydrogen) atoms. The summed E-state index contributed by atoms with van der Waals surface area (Å²) >= 11 is 0. The number of hydrogen-bond acceptors (Lipinski definition) is 6. The maximum atomic E-state index is 12.6. The van der Waals surface area contributed by atoms with E-state index in [1.54, 1.807) is 0 Å². The Bertz CT molecular complexity index is 1230. The zero-order valence-electron chi connectivity index (χ0n) is 23.6. The first kappa shape index (κ1) is 28.9. The number of fused-ring (bicyclic) bond motifs is 1. The molecular formula is C33H41N3O5. The number of alkyl carbamates (subject to hydrolysis) is 1. The molecule has 8 heteroatoms. The smallest absolute Gasteiger partial charge is 0.408 e. The van der Waals surface area contributed by atoms with Crippen molar-refractivity contribution in [3.05, 3.63) is 59.3 Å². The summed E-state index contributed by atoms with van der Waals surface area (Å²) in [6.07, 6.45) is 9.12. The molecule has 1 amide bonds. The van der Waals surface area contributed by atoms with Gasteiger partial charge in [0.1, 0.15) is 18.0 Å². The summed E-state index contributed by atoms with van der Waals surface area (Å²) < 4.78 is 11.6. The number of pyridine rings is 1. The Morgan fingerprint density at radius 3 is 2.76 bits per heavy atom. The maximum Gasteiger partial charge on any atom is 0.408 e. The number of carbonyl (C=O) groups is 2. The van der Waals surface area contributed by atoms with E-state index in [1.807, 2.05) is 30.3 Å². The van der Waals surface area contributed by atoms with Crippen LogP contribution < -0.4 is 10.6 Å². The number of amides is 1. The van der Waals surface area contributed by atoms with Crippen LogP contribution in [0.15, 0.2) is 42.5 Å². The number of nitrogens with zero attached hydrogens (tertiary/aromatic N) is 1. The van der Waals surface area contributed by atoms with Crippen molar-refractivity contribution < 1.29 is 24.2 Å². The van der Waals surface area contributed by atoms with Crippen LogP contribution in [0.4, 0.5) is 10.6 Å². The minimum atomic E-state index is -1.09. The van der Waals surface area contributed by atoms with Gasteiger partial charge in [0.25, 0.3) is 0 Å². The normalized spacial score (nSPS) is 23.9. The highest BCUT2D eigenvalue weighted by molar-refractivity contribution is 5.79. The van der Waals surface area contributed by atoms with Gasteiger partial charge in [-0.15, -0.1) is 0 Å². The molecule has 2 fully saturated rings. The highest BCUT2D eigenvalue weighted by Crippen LogP contribution is 2.34. The summed E-state index contributed by atoms with van der Waals surface area (Å²) in [5, 5.41) is 15.6. The Kier molecular flexibility index (Phi) is 10.1. The molecule has 2 aromatic rings. The Hall–Kier alpha value is -3.57. The van der Waals surface area contributed by atoms with Crippen LogP contribution in [0.2, 0.25) is 0 Å². The molecule has 1 aromatic carbocycles. The first-order valence-electron chi connectivity index (χ1n) is 15.1. The second kappa shape index (κ2) is 14.4. The Morgan fingerprint density at radius 2 is 1.93 bits per heavy atom. The van der Waals surface area contributed by atoms with Gasteiger partial charge >= 0.3 is 12.1 Å². The monoisotopic (exact) mass is 559 g/mol.